The van der Waals surface area contributed by atoms with E-state index in [1.807, 2.05) is 57.3 Å². The third-order valence-corrected chi connectivity index (χ3v) is 5.02. The number of aromatic nitrogens is 1. The number of rotatable bonds is 3. The van der Waals surface area contributed by atoms with Crippen LogP contribution in [0.4, 0.5) is 0 Å². The summed E-state index contributed by atoms with van der Waals surface area (Å²) >= 11 is 15.1. The van der Waals surface area contributed by atoms with Crippen LogP contribution in [0.25, 0.3) is 11.3 Å². The molecule has 1 aromatic heterocycles. The fourth-order valence-electron chi connectivity index (χ4n) is 2.39. The van der Waals surface area contributed by atoms with Gasteiger partial charge in [-0.2, -0.15) is 0 Å². The lowest BCUT2D eigenvalue weighted by molar-refractivity contribution is 0.102. The van der Waals surface area contributed by atoms with Crippen molar-refractivity contribution in [2.45, 2.75) is 20.8 Å². The van der Waals surface area contributed by atoms with E-state index in [4.69, 9.17) is 23.2 Å². The van der Waals surface area contributed by atoms with Crippen LogP contribution in [0.2, 0.25) is 10.0 Å². The maximum atomic E-state index is 11.3. The summed E-state index contributed by atoms with van der Waals surface area (Å²) in [5.41, 5.74) is 5.91. The lowest BCUT2D eigenvalue weighted by Gasteiger charge is -2.05. The van der Waals surface area contributed by atoms with Gasteiger partial charge in [0, 0.05) is 22.3 Å². The number of alkyl halides is 1. The van der Waals surface area contributed by atoms with Crippen molar-refractivity contribution in [2.75, 3.05) is 5.33 Å². The van der Waals surface area contributed by atoms with E-state index in [9.17, 15) is 4.79 Å². The highest BCUT2D eigenvalue weighted by atomic mass is 79.9. The molecule has 0 saturated carbocycles. The minimum absolute atomic E-state index is 0.0173. The van der Waals surface area contributed by atoms with Gasteiger partial charge in [0.15, 0.2) is 5.78 Å². The molecule has 3 aromatic rings. The Kier molecular flexibility index (Phi) is 8.03. The summed E-state index contributed by atoms with van der Waals surface area (Å²) < 4.78 is 0. The van der Waals surface area contributed by atoms with Crippen LogP contribution >= 0.6 is 39.1 Å². The van der Waals surface area contributed by atoms with Crippen LogP contribution < -0.4 is 0 Å². The molecule has 0 N–H and O–H groups in total. The summed E-state index contributed by atoms with van der Waals surface area (Å²) in [6, 6.07) is 15.4. The summed E-state index contributed by atoms with van der Waals surface area (Å²) in [6.45, 7) is 6.00. The summed E-state index contributed by atoms with van der Waals surface area (Å²) in [5, 5.41) is 1.58. The second kappa shape index (κ2) is 10.0. The molecule has 0 bridgehead atoms. The normalized spacial score (nSPS) is 10.1. The molecule has 0 aliphatic carbocycles. The number of pyridine rings is 1. The molecule has 0 saturated heterocycles. The van der Waals surface area contributed by atoms with Gasteiger partial charge in [-0.05, 0) is 56.7 Å². The van der Waals surface area contributed by atoms with Gasteiger partial charge in [-0.15, -0.1) is 0 Å². The molecule has 27 heavy (non-hydrogen) atoms. The van der Waals surface area contributed by atoms with Crippen molar-refractivity contribution in [3.63, 3.8) is 0 Å². The van der Waals surface area contributed by atoms with E-state index in [0.29, 0.717) is 15.9 Å². The van der Waals surface area contributed by atoms with Crippen molar-refractivity contribution >= 4 is 44.9 Å². The van der Waals surface area contributed by atoms with Gasteiger partial charge in [-0.3, -0.25) is 9.78 Å². The summed E-state index contributed by atoms with van der Waals surface area (Å²) in [6.07, 6.45) is 1.86. The number of carbonyl (C=O) groups excluding carboxylic acids is 1. The summed E-state index contributed by atoms with van der Waals surface area (Å²) in [4.78, 5) is 15.6. The predicted octanol–water partition coefficient (Wildman–Crippen LogP) is 7.24. The Balaban J connectivity index is 0.000000199. The molecular weight excluding hydrogens is 445 g/mol. The highest BCUT2D eigenvalue weighted by molar-refractivity contribution is 9.09. The molecule has 2 aromatic carbocycles. The Morgan fingerprint density at radius 3 is 2.07 bits per heavy atom. The van der Waals surface area contributed by atoms with Crippen molar-refractivity contribution in [2.24, 2.45) is 0 Å². The number of carbonyl (C=O) groups is 1. The van der Waals surface area contributed by atoms with Gasteiger partial charge < -0.3 is 0 Å². The highest BCUT2D eigenvalue weighted by Gasteiger charge is 2.08. The number of ketones is 1. The van der Waals surface area contributed by atoms with E-state index in [0.717, 1.165) is 27.4 Å². The van der Waals surface area contributed by atoms with E-state index in [-0.39, 0.29) is 5.78 Å². The minimum atomic E-state index is 0.0173. The molecule has 0 amide bonds. The van der Waals surface area contributed by atoms with Gasteiger partial charge in [0.25, 0.3) is 0 Å². The average Bonchev–Trinajstić information content (AvgIpc) is 2.66. The van der Waals surface area contributed by atoms with Crippen molar-refractivity contribution in [1.82, 2.24) is 4.98 Å². The molecule has 1 heterocycles. The van der Waals surface area contributed by atoms with Gasteiger partial charge in [-0.25, -0.2) is 0 Å². The number of halogens is 3. The van der Waals surface area contributed by atoms with Crippen LogP contribution in [0.3, 0.4) is 0 Å². The fraction of sp³-hybridized carbons (Fsp3) is 0.182. The maximum Gasteiger partial charge on any atom is 0.174 e. The molecule has 0 radical (unpaired) electrons. The molecule has 0 aliphatic rings. The molecule has 0 aliphatic heterocycles. The molecule has 140 valence electrons. The smallest absolute Gasteiger partial charge is 0.174 e. The largest absolute Gasteiger partial charge is 0.293 e. The minimum Gasteiger partial charge on any atom is -0.293 e. The second-order valence-electron chi connectivity index (χ2n) is 6.24. The number of aryl methyl sites for hydroxylation is 3. The topological polar surface area (TPSA) is 30.0 Å². The third kappa shape index (κ3) is 6.17. The van der Waals surface area contributed by atoms with Crippen LogP contribution in [0.15, 0.2) is 54.7 Å². The molecular formula is C22H20BrCl2NO. The zero-order valence-corrected chi connectivity index (χ0v) is 18.5. The van der Waals surface area contributed by atoms with Crippen molar-refractivity contribution in [3.05, 3.63) is 87.0 Å². The number of hydrogen-bond acceptors (Lipinski definition) is 2. The standard InChI is InChI=1S/C13H12ClN.C9H8BrClO/c1-9-3-5-12(14)11(7-9)13-6-4-10(2)8-15-13;1-6-2-3-8(11)7(4-6)9(12)5-10/h3-8H,1-2H3;2-4H,5H2,1H3. The number of benzene rings is 2. The fourth-order valence-corrected chi connectivity index (χ4v) is 3.13. The monoisotopic (exact) mass is 463 g/mol. The first-order valence-electron chi connectivity index (χ1n) is 8.36. The molecule has 0 fully saturated rings. The first kappa shape index (κ1) is 21.6. The first-order valence-corrected chi connectivity index (χ1v) is 10.2. The zero-order valence-electron chi connectivity index (χ0n) is 15.4. The van der Waals surface area contributed by atoms with Gasteiger partial charge in [-0.1, -0.05) is 68.5 Å². The molecule has 2 nitrogen and oxygen atoms in total. The lowest BCUT2D eigenvalue weighted by atomic mass is 10.1. The SMILES string of the molecule is Cc1ccc(-c2cc(C)ccc2Cl)nc1.Cc1ccc(Cl)c(C(=O)CBr)c1. The Labute approximate surface area is 178 Å². The van der Waals surface area contributed by atoms with Gasteiger partial charge in [0.1, 0.15) is 0 Å². The predicted molar refractivity (Wildman–Crippen MR) is 118 cm³/mol. The summed E-state index contributed by atoms with van der Waals surface area (Å²) in [7, 11) is 0. The van der Waals surface area contributed by atoms with Gasteiger partial charge >= 0.3 is 0 Å². The molecule has 0 atom stereocenters. The molecule has 0 unspecified atom stereocenters. The van der Waals surface area contributed by atoms with Gasteiger partial charge in [0.2, 0.25) is 0 Å². The van der Waals surface area contributed by atoms with Crippen LogP contribution in [0.5, 0.6) is 0 Å². The first-order chi connectivity index (χ1) is 12.8. The molecule has 0 spiro atoms. The third-order valence-electron chi connectivity index (χ3n) is 3.85. The van der Waals surface area contributed by atoms with Crippen molar-refractivity contribution in [3.8, 4) is 11.3 Å². The zero-order chi connectivity index (χ0) is 20.0. The van der Waals surface area contributed by atoms with E-state index < -0.39 is 0 Å². The Hall–Kier alpha value is -1.68. The van der Waals surface area contributed by atoms with E-state index in [1.54, 1.807) is 12.1 Å². The lowest BCUT2D eigenvalue weighted by Crippen LogP contribution is -2.00. The van der Waals surface area contributed by atoms with Crippen LogP contribution in [0, 0.1) is 20.8 Å². The van der Waals surface area contributed by atoms with Crippen LogP contribution in [-0.2, 0) is 0 Å². The summed E-state index contributed by atoms with van der Waals surface area (Å²) in [5.74, 6) is 0.0173. The highest BCUT2D eigenvalue weighted by Crippen LogP contribution is 2.27. The van der Waals surface area contributed by atoms with Crippen molar-refractivity contribution in [1.29, 1.82) is 0 Å². The molecule has 3 rings (SSSR count). The van der Waals surface area contributed by atoms with Crippen molar-refractivity contribution < 1.29 is 4.79 Å². The molecule has 5 heteroatoms. The number of nitrogens with zero attached hydrogens (tertiary/aromatic N) is 1. The maximum absolute atomic E-state index is 11.3. The van der Waals surface area contributed by atoms with Gasteiger partial charge in [0.05, 0.1) is 16.0 Å². The Bertz CT molecular complexity index is 940. The van der Waals surface area contributed by atoms with E-state index in [1.165, 1.54) is 5.56 Å². The van der Waals surface area contributed by atoms with Crippen LogP contribution in [0.1, 0.15) is 27.0 Å². The Morgan fingerprint density at radius 2 is 1.48 bits per heavy atom. The average molecular weight is 465 g/mol. The Morgan fingerprint density at radius 1 is 0.889 bits per heavy atom. The second-order valence-corrected chi connectivity index (χ2v) is 7.62. The quantitative estimate of drug-likeness (QED) is 0.302. The van der Waals surface area contributed by atoms with E-state index in [2.05, 4.69) is 27.0 Å². The number of hydrogen-bond donors (Lipinski definition) is 0. The number of Topliss-reactive ketones (excluding diaryl/α,β-unsaturated/α-hetero) is 1. The van der Waals surface area contributed by atoms with Crippen LogP contribution in [-0.4, -0.2) is 16.1 Å². The van der Waals surface area contributed by atoms with E-state index >= 15 is 0 Å².